The van der Waals surface area contributed by atoms with Gasteiger partial charge in [-0.15, -0.1) is 0 Å². The van der Waals surface area contributed by atoms with Gasteiger partial charge >= 0.3 is 5.97 Å². The summed E-state index contributed by atoms with van der Waals surface area (Å²) >= 11 is 0. The zero-order chi connectivity index (χ0) is 24.9. The Balaban J connectivity index is 1.76. The van der Waals surface area contributed by atoms with Crippen molar-refractivity contribution in [3.63, 3.8) is 0 Å². The van der Waals surface area contributed by atoms with Crippen LogP contribution in [-0.2, 0) is 10.3 Å². The van der Waals surface area contributed by atoms with Gasteiger partial charge in [0.15, 0.2) is 5.60 Å². The highest BCUT2D eigenvalue weighted by Gasteiger charge is 2.54. The first kappa shape index (κ1) is 23.3. The number of rotatable bonds is 7. The molecule has 1 atom stereocenters. The molecule has 0 radical (unpaired) electrons. The van der Waals surface area contributed by atoms with Crippen LogP contribution in [0.2, 0.25) is 0 Å². The smallest absolute Gasteiger partial charge is 0.340 e. The number of esters is 1. The Bertz CT molecular complexity index is 1290. The van der Waals surface area contributed by atoms with Crippen LogP contribution in [0.25, 0.3) is 11.1 Å². The molecule has 0 aromatic heterocycles. The van der Waals surface area contributed by atoms with Gasteiger partial charge in [-0.25, -0.2) is 4.79 Å². The Kier molecular flexibility index (Phi) is 5.74. The molecule has 0 amide bonds. The lowest BCUT2D eigenvalue weighted by Crippen LogP contribution is -2.27. The van der Waals surface area contributed by atoms with Crippen molar-refractivity contribution in [3.8, 4) is 11.1 Å². The van der Waals surface area contributed by atoms with Crippen molar-refractivity contribution < 1.29 is 9.53 Å². The number of fused-ring (bicyclic) bond motifs is 7. The molecule has 5 nitrogen and oxygen atoms in total. The van der Waals surface area contributed by atoms with E-state index in [1.165, 1.54) is 5.69 Å². The first-order chi connectivity index (χ1) is 16.8. The predicted molar refractivity (Wildman–Crippen MR) is 145 cm³/mol. The second-order valence-electron chi connectivity index (χ2n) is 10.0. The number of benzene rings is 3. The number of carbonyl (C=O) groups is 1. The summed E-state index contributed by atoms with van der Waals surface area (Å²) < 4.78 is 6.38. The Morgan fingerprint density at radius 2 is 1.09 bits per heavy atom. The monoisotopic (exact) mass is 469 g/mol. The molecule has 1 spiro atoms. The maximum absolute atomic E-state index is 13.3. The molecule has 0 saturated carbocycles. The fourth-order valence-corrected chi connectivity index (χ4v) is 5.59. The van der Waals surface area contributed by atoms with Crippen molar-refractivity contribution >= 4 is 23.0 Å². The minimum Gasteiger partial charge on any atom is -0.441 e. The maximum Gasteiger partial charge on any atom is 0.340 e. The molecule has 0 N–H and O–H groups in total. The van der Waals surface area contributed by atoms with Gasteiger partial charge in [-0.05, 0) is 60.4 Å². The first-order valence-corrected chi connectivity index (χ1v) is 12.6. The zero-order valence-corrected chi connectivity index (χ0v) is 21.7. The summed E-state index contributed by atoms with van der Waals surface area (Å²) in [5.74, 6) is -0.262. The molecule has 5 heteroatoms. The van der Waals surface area contributed by atoms with Crippen LogP contribution in [-0.4, -0.2) is 47.2 Å². The van der Waals surface area contributed by atoms with E-state index in [-0.39, 0.29) is 5.97 Å². The SMILES string of the molecule is CCCN(CCC)c1ccc2c(c1)-c1cc(N(C)C)ccc1C21OC(=O)c2cc(N(C)C)ccc21. The molecule has 1 unspecified atom stereocenters. The van der Waals surface area contributed by atoms with Gasteiger partial charge in [-0.3, -0.25) is 0 Å². The second kappa shape index (κ2) is 8.63. The average Bonchev–Trinajstić information content (AvgIpc) is 3.30. The minimum absolute atomic E-state index is 0.262. The molecule has 182 valence electrons. The number of nitrogens with zero attached hydrogens (tertiary/aromatic N) is 3. The van der Waals surface area contributed by atoms with E-state index in [0.717, 1.165) is 65.1 Å². The number of hydrogen-bond donors (Lipinski definition) is 0. The molecular weight excluding hydrogens is 434 g/mol. The molecule has 1 aliphatic heterocycles. The summed E-state index contributed by atoms with van der Waals surface area (Å²) in [5.41, 5.74) is 8.38. The van der Waals surface area contributed by atoms with Crippen LogP contribution in [0.3, 0.4) is 0 Å². The van der Waals surface area contributed by atoms with Crippen LogP contribution in [0.4, 0.5) is 17.1 Å². The molecule has 2 aliphatic rings. The highest BCUT2D eigenvalue weighted by Crippen LogP contribution is 2.58. The van der Waals surface area contributed by atoms with Gasteiger partial charge in [-0.2, -0.15) is 0 Å². The van der Waals surface area contributed by atoms with Crippen molar-refractivity contribution in [3.05, 3.63) is 76.9 Å². The standard InChI is InChI=1S/C30H35N3O2/c1-7-15-33(16-8-2)22-11-14-27-24(19-22)23-17-20(31(3)4)9-12-26(23)30(27)28-13-10-21(32(5)6)18-25(28)29(34)35-30/h9-14,17-19H,7-8,15-16H2,1-6H3. The zero-order valence-electron chi connectivity index (χ0n) is 21.7. The van der Waals surface area contributed by atoms with E-state index in [1.54, 1.807) is 0 Å². The largest absolute Gasteiger partial charge is 0.441 e. The van der Waals surface area contributed by atoms with Gasteiger partial charge in [-0.1, -0.05) is 32.0 Å². The Morgan fingerprint density at radius 1 is 0.657 bits per heavy atom. The lowest BCUT2D eigenvalue weighted by atomic mass is 9.83. The van der Waals surface area contributed by atoms with E-state index in [0.29, 0.717) is 5.56 Å². The van der Waals surface area contributed by atoms with E-state index in [1.807, 2.05) is 25.1 Å². The first-order valence-electron chi connectivity index (χ1n) is 12.6. The van der Waals surface area contributed by atoms with Crippen molar-refractivity contribution in [1.29, 1.82) is 0 Å². The maximum atomic E-state index is 13.3. The molecule has 1 aliphatic carbocycles. The van der Waals surface area contributed by atoms with E-state index in [9.17, 15) is 4.79 Å². The van der Waals surface area contributed by atoms with Crippen LogP contribution < -0.4 is 14.7 Å². The quantitative estimate of drug-likeness (QED) is 0.404. The van der Waals surface area contributed by atoms with Gasteiger partial charge in [0.1, 0.15) is 0 Å². The van der Waals surface area contributed by atoms with Crippen LogP contribution in [0.15, 0.2) is 54.6 Å². The van der Waals surface area contributed by atoms with Crippen molar-refractivity contribution in [2.75, 3.05) is 56.0 Å². The molecule has 1 heterocycles. The number of ether oxygens (including phenoxy) is 1. The Morgan fingerprint density at radius 3 is 1.57 bits per heavy atom. The summed E-state index contributed by atoms with van der Waals surface area (Å²) in [6.45, 7) is 6.49. The molecular formula is C30H35N3O2. The predicted octanol–water partition coefficient (Wildman–Crippen LogP) is 5.89. The average molecular weight is 470 g/mol. The number of hydrogen-bond acceptors (Lipinski definition) is 5. The number of carbonyl (C=O) groups excluding carboxylic acids is 1. The Hall–Kier alpha value is -3.47. The molecule has 0 bridgehead atoms. The molecule has 35 heavy (non-hydrogen) atoms. The summed E-state index contributed by atoms with van der Waals surface area (Å²) in [7, 11) is 8.09. The van der Waals surface area contributed by atoms with Gasteiger partial charge in [0.05, 0.1) is 5.56 Å². The molecule has 3 aromatic carbocycles. The molecule has 0 saturated heterocycles. The summed E-state index contributed by atoms with van der Waals surface area (Å²) in [6, 6.07) is 19.3. The molecule has 5 rings (SSSR count). The van der Waals surface area contributed by atoms with E-state index in [4.69, 9.17) is 4.74 Å². The fraction of sp³-hybridized carbons (Fsp3) is 0.367. The summed E-state index contributed by atoms with van der Waals surface area (Å²) in [5, 5.41) is 0. The van der Waals surface area contributed by atoms with E-state index in [2.05, 4.69) is 86.3 Å². The van der Waals surface area contributed by atoms with Gasteiger partial charge in [0.2, 0.25) is 0 Å². The van der Waals surface area contributed by atoms with Crippen LogP contribution in [0, 0.1) is 0 Å². The molecule has 0 fully saturated rings. The third-order valence-electron chi connectivity index (χ3n) is 7.29. The van der Waals surface area contributed by atoms with Crippen molar-refractivity contribution in [2.24, 2.45) is 0 Å². The topological polar surface area (TPSA) is 36.0 Å². The second-order valence-corrected chi connectivity index (χ2v) is 10.0. The minimum atomic E-state index is -0.911. The van der Waals surface area contributed by atoms with Gasteiger partial charge in [0.25, 0.3) is 0 Å². The summed E-state index contributed by atoms with van der Waals surface area (Å²) in [6.07, 6.45) is 2.20. The third kappa shape index (κ3) is 3.48. The van der Waals surface area contributed by atoms with Crippen LogP contribution in [0.5, 0.6) is 0 Å². The third-order valence-corrected chi connectivity index (χ3v) is 7.29. The van der Waals surface area contributed by atoms with Crippen LogP contribution in [0.1, 0.15) is 53.7 Å². The summed E-state index contributed by atoms with van der Waals surface area (Å²) in [4.78, 5) is 19.9. The highest BCUT2D eigenvalue weighted by molar-refractivity contribution is 6.00. The lowest BCUT2D eigenvalue weighted by Gasteiger charge is -2.28. The van der Waals surface area contributed by atoms with E-state index < -0.39 is 5.60 Å². The van der Waals surface area contributed by atoms with Crippen molar-refractivity contribution in [1.82, 2.24) is 0 Å². The molecule has 3 aromatic rings. The Labute approximate surface area is 208 Å². The van der Waals surface area contributed by atoms with Gasteiger partial charge in [0, 0.05) is 75.0 Å². The number of anilines is 3. The normalized spacial score (nSPS) is 17.1. The lowest BCUT2D eigenvalue weighted by molar-refractivity contribution is 0.0264. The van der Waals surface area contributed by atoms with Crippen molar-refractivity contribution in [2.45, 2.75) is 32.3 Å². The van der Waals surface area contributed by atoms with Crippen LogP contribution >= 0.6 is 0 Å². The van der Waals surface area contributed by atoms with Gasteiger partial charge < -0.3 is 19.4 Å². The fourth-order valence-electron chi connectivity index (χ4n) is 5.59. The van der Waals surface area contributed by atoms with E-state index >= 15 is 0 Å². The highest BCUT2D eigenvalue weighted by atomic mass is 16.6.